The average Bonchev–Trinajstić information content (AvgIpc) is 3.22. The fourth-order valence-corrected chi connectivity index (χ4v) is 3.77. The quantitative estimate of drug-likeness (QED) is 0.377. The van der Waals surface area contributed by atoms with Crippen LogP contribution in [-0.2, 0) is 0 Å². The van der Waals surface area contributed by atoms with Crippen LogP contribution in [0.15, 0.2) is 85.3 Å². The smallest absolute Gasteiger partial charge is 0.198 e. The van der Waals surface area contributed by atoms with Crippen molar-refractivity contribution in [2.75, 3.05) is 11.1 Å². The monoisotopic (exact) mass is 370 g/mol. The predicted molar refractivity (Wildman–Crippen MR) is 109 cm³/mol. The Hall–Kier alpha value is -3.80. The lowest BCUT2D eigenvalue weighted by molar-refractivity contribution is -0.518. The molecule has 0 aliphatic carbocycles. The van der Waals surface area contributed by atoms with Crippen LogP contribution in [-0.4, -0.2) is 9.35 Å². The number of hydrazine groups is 1. The van der Waals surface area contributed by atoms with Gasteiger partial charge in [0.05, 0.1) is 12.4 Å². The van der Waals surface area contributed by atoms with Gasteiger partial charge in [0, 0.05) is 31.5 Å². The first-order valence-corrected chi connectivity index (χ1v) is 9.31. The summed E-state index contributed by atoms with van der Waals surface area (Å²) in [5.74, 6) is 0. The van der Waals surface area contributed by atoms with Gasteiger partial charge in [0.2, 0.25) is 5.69 Å². The number of nitrogens with one attached hydrogen (secondary N) is 2. The molecule has 6 heteroatoms. The van der Waals surface area contributed by atoms with E-state index in [-0.39, 0.29) is 0 Å². The normalized spacial score (nSPS) is 11.2. The predicted octanol–water partition coefficient (Wildman–Crippen LogP) is 2.75. The van der Waals surface area contributed by atoms with Crippen molar-refractivity contribution in [3.05, 3.63) is 96.7 Å². The third kappa shape index (κ3) is 2.50. The molecule has 0 aliphatic heterocycles. The number of aromatic nitrogens is 4. The summed E-state index contributed by atoms with van der Waals surface area (Å²) in [4.78, 5) is 0. The molecule has 0 atom stereocenters. The summed E-state index contributed by atoms with van der Waals surface area (Å²) in [6, 6.07) is 22.8. The Bertz CT molecular complexity index is 1280. The molecule has 0 saturated carbocycles. The minimum Gasteiger partial charge on any atom is -0.198 e. The summed E-state index contributed by atoms with van der Waals surface area (Å²) in [7, 11) is 0. The van der Waals surface area contributed by atoms with E-state index in [1.807, 2.05) is 35.0 Å². The molecule has 6 nitrogen and oxygen atoms in total. The van der Waals surface area contributed by atoms with Crippen molar-refractivity contribution >= 4 is 11.3 Å². The fourth-order valence-electron chi connectivity index (χ4n) is 3.77. The van der Waals surface area contributed by atoms with Gasteiger partial charge in [-0.15, -0.1) is 15.7 Å². The standard InChI is InChI=1S/C22H22N6/c1-17-16-27(20-12-6-8-14-25(17)20)23-24-28-21-13-7-9-15-26(21)18(2)22(28)19-10-4-3-5-11-19/h3-16,23-24H,1-2H3/q+2. The van der Waals surface area contributed by atoms with Crippen molar-refractivity contribution in [1.82, 2.24) is 9.35 Å². The summed E-state index contributed by atoms with van der Waals surface area (Å²) >= 11 is 0. The lowest BCUT2D eigenvalue weighted by atomic mass is 10.1. The Balaban J connectivity index is 1.62. The highest BCUT2D eigenvalue weighted by atomic mass is 15.8. The molecule has 5 aromatic rings. The second-order valence-electron chi connectivity index (χ2n) is 6.86. The molecule has 5 rings (SSSR count). The number of imidazole rings is 2. The van der Waals surface area contributed by atoms with E-state index in [1.165, 1.54) is 5.69 Å². The fraction of sp³-hybridized carbons (Fsp3) is 0.0909. The zero-order valence-electron chi connectivity index (χ0n) is 15.9. The Morgan fingerprint density at radius 1 is 0.714 bits per heavy atom. The third-order valence-electron chi connectivity index (χ3n) is 5.11. The zero-order valence-corrected chi connectivity index (χ0v) is 15.9. The first kappa shape index (κ1) is 16.4. The van der Waals surface area contributed by atoms with E-state index in [0.717, 1.165) is 28.2 Å². The summed E-state index contributed by atoms with van der Waals surface area (Å²) in [5, 5.41) is 0. The summed E-state index contributed by atoms with van der Waals surface area (Å²) in [6.45, 7) is 4.23. The topological polar surface area (TPSA) is 42.1 Å². The van der Waals surface area contributed by atoms with E-state index < -0.39 is 0 Å². The van der Waals surface area contributed by atoms with Crippen LogP contribution < -0.4 is 19.9 Å². The molecule has 138 valence electrons. The zero-order chi connectivity index (χ0) is 19.1. The van der Waals surface area contributed by atoms with Crippen LogP contribution in [0.4, 0.5) is 0 Å². The van der Waals surface area contributed by atoms with E-state index in [9.17, 15) is 0 Å². The number of hydrogen-bond donors (Lipinski definition) is 2. The highest BCUT2D eigenvalue weighted by Crippen LogP contribution is 2.23. The Kier molecular flexibility index (Phi) is 3.76. The highest BCUT2D eigenvalue weighted by molar-refractivity contribution is 5.64. The maximum absolute atomic E-state index is 3.39. The number of benzene rings is 1. The molecule has 0 fully saturated rings. The van der Waals surface area contributed by atoms with Crippen molar-refractivity contribution < 1.29 is 8.80 Å². The molecule has 0 spiro atoms. The molecule has 0 unspecified atom stereocenters. The number of nitrogens with zero attached hydrogens (tertiary/aromatic N) is 4. The molecule has 0 bridgehead atoms. The van der Waals surface area contributed by atoms with E-state index in [4.69, 9.17) is 0 Å². The highest BCUT2D eigenvalue weighted by Gasteiger charge is 2.25. The number of pyridine rings is 2. The minimum absolute atomic E-state index is 1.05. The minimum atomic E-state index is 1.05. The second-order valence-corrected chi connectivity index (χ2v) is 6.86. The van der Waals surface area contributed by atoms with Crippen molar-refractivity contribution in [2.24, 2.45) is 0 Å². The van der Waals surface area contributed by atoms with Crippen molar-refractivity contribution in [3.63, 3.8) is 0 Å². The van der Waals surface area contributed by atoms with Gasteiger partial charge in [-0.25, -0.2) is 0 Å². The molecule has 1 aromatic carbocycles. The molecular weight excluding hydrogens is 348 g/mol. The Labute approximate surface area is 162 Å². The van der Waals surface area contributed by atoms with Crippen LogP contribution in [0.25, 0.3) is 22.6 Å². The lowest BCUT2D eigenvalue weighted by Crippen LogP contribution is -2.32. The number of fused-ring (bicyclic) bond motifs is 2. The number of aryl methyl sites for hydroxylation is 2. The van der Waals surface area contributed by atoms with E-state index in [2.05, 4.69) is 93.4 Å². The Morgan fingerprint density at radius 2 is 1.39 bits per heavy atom. The van der Waals surface area contributed by atoms with Crippen molar-refractivity contribution in [2.45, 2.75) is 13.8 Å². The van der Waals surface area contributed by atoms with Gasteiger partial charge < -0.3 is 0 Å². The van der Waals surface area contributed by atoms with Crippen LogP contribution in [0.1, 0.15) is 11.4 Å². The van der Waals surface area contributed by atoms with E-state index in [1.54, 1.807) is 0 Å². The summed E-state index contributed by atoms with van der Waals surface area (Å²) < 4.78 is 8.39. The maximum Gasteiger partial charge on any atom is 0.312 e. The first-order valence-electron chi connectivity index (χ1n) is 9.31. The van der Waals surface area contributed by atoms with Crippen LogP contribution >= 0.6 is 0 Å². The van der Waals surface area contributed by atoms with Crippen molar-refractivity contribution in [3.8, 4) is 11.3 Å². The molecule has 2 N–H and O–H groups in total. The van der Waals surface area contributed by atoms with Crippen LogP contribution in [0, 0.1) is 13.8 Å². The number of rotatable bonds is 4. The van der Waals surface area contributed by atoms with Crippen molar-refractivity contribution in [1.29, 1.82) is 0 Å². The van der Waals surface area contributed by atoms with Gasteiger partial charge in [-0.3, -0.25) is 0 Å². The van der Waals surface area contributed by atoms with Crippen LogP contribution in [0.2, 0.25) is 0 Å². The average molecular weight is 370 g/mol. The lowest BCUT2D eigenvalue weighted by Gasteiger charge is -2.06. The van der Waals surface area contributed by atoms with Crippen LogP contribution in [0.3, 0.4) is 0 Å². The molecule has 0 saturated heterocycles. The molecule has 0 amide bonds. The molecule has 4 aromatic heterocycles. The molecule has 0 radical (unpaired) electrons. The van der Waals surface area contributed by atoms with Gasteiger partial charge in [-0.2, -0.15) is 8.80 Å². The largest absolute Gasteiger partial charge is 0.312 e. The Morgan fingerprint density at radius 3 is 2.18 bits per heavy atom. The molecule has 28 heavy (non-hydrogen) atoms. The summed E-state index contributed by atoms with van der Waals surface area (Å²) in [6.07, 6.45) is 6.21. The maximum atomic E-state index is 3.39. The molecule has 0 aliphatic rings. The number of hydrogen-bond acceptors (Lipinski definition) is 2. The first-order chi connectivity index (χ1) is 13.7. The SMILES string of the molecule is Cc1cn(NNn2c(-c3ccccc3)c(C)[n+]3ccccc23)c2cccc[n+]12. The third-order valence-corrected chi connectivity index (χ3v) is 5.11. The van der Waals surface area contributed by atoms with Gasteiger partial charge >= 0.3 is 11.3 Å². The molecule has 4 heterocycles. The van der Waals surface area contributed by atoms with E-state index in [0.29, 0.717) is 0 Å². The van der Waals surface area contributed by atoms with Gasteiger partial charge in [0.25, 0.3) is 0 Å². The molecular formula is C22H22N6+2. The van der Waals surface area contributed by atoms with Crippen LogP contribution in [0.5, 0.6) is 0 Å². The van der Waals surface area contributed by atoms with Gasteiger partial charge in [0.1, 0.15) is 5.69 Å². The second kappa shape index (κ2) is 6.42. The van der Waals surface area contributed by atoms with Gasteiger partial charge in [-0.1, -0.05) is 47.1 Å². The van der Waals surface area contributed by atoms with E-state index >= 15 is 0 Å². The van der Waals surface area contributed by atoms with Gasteiger partial charge in [0.15, 0.2) is 11.9 Å². The summed E-state index contributed by atoms with van der Waals surface area (Å²) in [5.41, 5.74) is 13.4. The van der Waals surface area contributed by atoms with Gasteiger partial charge in [-0.05, 0) is 12.1 Å².